The van der Waals surface area contributed by atoms with Gasteiger partial charge in [0.1, 0.15) is 11.6 Å². The number of nitrogens with one attached hydrogen (secondary N) is 1. The van der Waals surface area contributed by atoms with E-state index >= 15 is 0 Å². The van der Waals surface area contributed by atoms with Crippen LogP contribution in [0.25, 0.3) is 0 Å². The smallest absolute Gasteiger partial charge is 0.222 e. The molecule has 2 aromatic rings. The summed E-state index contributed by atoms with van der Waals surface area (Å²) in [4.78, 5) is 8.21. The summed E-state index contributed by atoms with van der Waals surface area (Å²) >= 11 is 1.75. The average molecular weight is 335 g/mol. The van der Waals surface area contributed by atoms with Gasteiger partial charge in [-0.1, -0.05) is 0 Å². The Labute approximate surface area is 138 Å². The summed E-state index contributed by atoms with van der Waals surface area (Å²) in [5.41, 5.74) is 1.68. The van der Waals surface area contributed by atoms with Gasteiger partial charge in [-0.2, -0.15) is 11.8 Å². The Balaban J connectivity index is 1.43. The van der Waals surface area contributed by atoms with Crippen molar-refractivity contribution in [1.29, 1.82) is 0 Å². The fourth-order valence-corrected chi connectivity index (χ4v) is 3.24. The third kappa shape index (κ3) is 4.56. The zero-order chi connectivity index (χ0) is 15.9. The van der Waals surface area contributed by atoms with Crippen LogP contribution in [0.3, 0.4) is 0 Å². The maximum atomic E-state index is 13.6. The Bertz CT molecular complexity index is 643. The number of thioether (sulfide) groups is 1. The first-order chi connectivity index (χ1) is 11.3. The Morgan fingerprint density at radius 2 is 2.13 bits per heavy atom. The summed E-state index contributed by atoms with van der Waals surface area (Å²) in [5, 5.41) is 3.17. The number of rotatable bonds is 7. The van der Waals surface area contributed by atoms with Crippen molar-refractivity contribution in [1.82, 2.24) is 9.97 Å². The highest BCUT2D eigenvalue weighted by atomic mass is 32.2. The van der Waals surface area contributed by atoms with Crippen LogP contribution in [-0.2, 0) is 17.1 Å². The molecule has 0 unspecified atom stereocenters. The molecule has 0 saturated heterocycles. The quantitative estimate of drug-likeness (QED) is 0.784. The monoisotopic (exact) mass is 335 g/mol. The highest BCUT2D eigenvalue weighted by Crippen LogP contribution is 2.32. The standard InChI is InChI=1S/C16H18FN3O2S/c17-14-7-12-9-21-11-22-15(12)13(8-14)10-23-6-2-5-20-16-18-3-1-4-19-16/h1,3-4,7-8H,2,5-6,9-11H2,(H,18,19,20). The van der Waals surface area contributed by atoms with Crippen molar-refractivity contribution in [2.75, 3.05) is 24.4 Å². The molecule has 0 amide bonds. The molecule has 1 aliphatic rings. The van der Waals surface area contributed by atoms with Crippen LogP contribution in [0.4, 0.5) is 10.3 Å². The number of hydrogen-bond acceptors (Lipinski definition) is 6. The van der Waals surface area contributed by atoms with Gasteiger partial charge in [0.25, 0.3) is 0 Å². The van der Waals surface area contributed by atoms with E-state index in [9.17, 15) is 4.39 Å². The lowest BCUT2D eigenvalue weighted by Crippen LogP contribution is -2.13. The second-order valence-electron chi connectivity index (χ2n) is 5.07. The zero-order valence-electron chi connectivity index (χ0n) is 12.6. The van der Waals surface area contributed by atoms with Crippen molar-refractivity contribution in [3.05, 3.63) is 47.5 Å². The minimum absolute atomic E-state index is 0.233. The van der Waals surface area contributed by atoms with Crippen molar-refractivity contribution in [2.24, 2.45) is 0 Å². The van der Waals surface area contributed by atoms with Crippen LogP contribution >= 0.6 is 11.8 Å². The number of benzene rings is 1. The number of nitrogens with zero attached hydrogens (tertiary/aromatic N) is 2. The third-order valence-electron chi connectivity index (χ3n) is 3.32. The largest absolute Gasteiger partial charge is 0.467 e. The molecule has 3 rings (SSSR count). The number of aromatic nitrogens is 2. The van der Waals surface area contributed by atoms with E-state index in [-0.39, 0.29) is 12.6 Å². The van der Waals surface area contributed by atoms with Gasteiger partial charge < -0.3 is 14.8 Å². The maximum absolute atomic E-state index is 13.6. The zero-order valence-corrected chi connectivity index (χ0v) is 13.4. The molecule has 0 fully saturated rings. The molecule has 0 radical (unpaired) electrons. The molecular formula is C16H18FN3O2S. The number of ether oxygens (including phenoxy) is 2. The normalized spacial score (nSPS) is 13.3. The molecule has 1 N–H and O–H groups in total. The molecule has 1 aliphatic heterocycles. The molecule has 0 atom stereocenters. The lowest BCUT2D eigenvalue weighted by Gasteiger charge is -2.20. The van der Waals surface area contributed by atoms with Gasteiger partial charge >= 0.3 is 0 Å². The summed E-state index contributed by atoms with van der Waals surface area (Å²) in [7, 11) is 0. The van der Waals surface area contributed by atoms with E-state index in [1.807, 2.05) is 0 Å². The second kappa shape index (κ2) is 8.12. The SMILES string of the molecule is Fc1cc2c(c(CSCCCNc3ncccn3)c1)OCOC2. The first kappa shape index (κ1) is 16.0. The Kier molecular flexibility index (Phi) is 5.65. The number of fused-ring (bicyclic) bond motifs is 1. The van der Waals surface area contributed by atoms with Gasteiger partial charge in [-0.05, 0) is 30.4 Å². The Morgan fingerprint density at radius 1 is 1.26 bits per heavy atom. The van der Waals surface area contributed by atoms with Crippen molar-refractivity contribution in [3.63, 3.8) is 0 Å². The third-order valence-corrected chi connectivity index (χ3v) is 4.42. The molecule has 1 aromatic heterocycles. The van der Waals surface area contributed by atoms with Gasteiger partial charge in [0, 0.05) is 35.8 Å². The number of anilines is 1. The van der Waals surface area contributed by atoms with E-state index in [4.69, 9.17) is 9.47 Å². The van der Waals surface area contributed by atoms with E-state index in [0.29, 0.717) is 12.6 Å². The Morgan fingerprint density at radius 3 is 3.00 bits per heavy atom. The summed E-state index contributed by atoms with van der Waals surface area (Å²) in [6.07, 6.45) is 4.40. The molecule has 0 aliphatic carbocycles. The van der Waals surface area contributed by atoms with Crippen LogP contribution < -0.4 is 10.1 Å². The van der Waals surface area contributed by atoms with Crippen LogP contribution in [-0.4, -0.2) is 29.1 Å². The molecular weight excluding hydrogens is 317 g/mol. The summed E-state index contributed by atoms with van der Waals surface area (Å²) in [6.45, 7) is 1.45. The van der Waals surface area contributed by atoms with E-state index in [1.54, 1.807) is 36.3 Å². The molecule has 0 bridgehead atoms. The average Bonchev–Trinajstić information content (AvgIpc) is 2.58. The van der Waals surface area contributed by atoms with Crippen LogP contribution in [0.5, 0.6) is 5.75 Å². The van der Waals surface area contributed by atoms with Crippen molar-refractivity contribution in [3.8, 4) is 5.75 Å². The fraction of sp³-hybridized carbons (Fsp3) is 0.375. The van der Waals surface area contributed by atoms with Gasteiger partial charge in [-0.25, -0.2) is 14.4 Å². The predicted molar refractivity (Wildman–Crippen MR) is 88.0 cm³/mol. The van der Waals surface area contributed by atoms with Crippen molar-refractivity contribution < 1.29 is 13.9 Å². The molecule has 23 heavy (non-hydrogen) atoms. The molecule has 5 nitrogen and oxygen atoms in total. The highest BCUT2D eigenvalue weighted by Gasteiger charge is 2.16. The maximum Gasteiger partial charge on any atom is 0.222 e. The number of halogens is 1. The van der Waals surface area contributed by atoms with Crippen LogP contribution in [0.1, 0.15) is 17.5 Å². The van der Waals surface area contributed by atoms with Gasteiger partial charge in [0.15, 0.2) is 6.79 Å². The number of hydrogen-bond donors (Lipinski definition) is 1. The second-order valence-corrected chi connectivity index (χ2v) is 6.17. The topological polar surface area (TPSA) is 56.3 Å². The lowest BCUT2D eigenvalue weighted by atomic mass is 10.1. The molecule has 1 aromatic carbocycles. The molecule has 0 spiro atoms. The molecule has 122 valence electrons. The van der Waals surface area contributed by atoms with Crippen LogP contribution in [0, 0.1) is 5.82 Å². The van der Waals surface area contributed by atoms with Gasteiger partial charge in [-0.15, -0.1) is 0 Å². The molecule has 2 heterocycles. The predicted octanol–water partition coefficient (Wildman–Crippen LogP) is 3.22. The molecule has 7 heteroatoms. The van der Waals surface area contributed by atoms with Gasteiger partial charge in [0.2, 0.25) is 5.95 Å². The van der Waals surface area contributed by atoms with E-state index in [0.717, 1.165) is 41.3 Å². The summed E-state index contributed by atoms with van der Waals surface area (Å²) in [5.74, 6) is 2.87. The van der Waals surface area contributed by atoms with E-state index in [2.05, 4.69) is 15.3 Å². The fourth-order valence-electron chi connectivity index (χ4n) is 2.31. The van der Waals surface area contributed by atoms with Gasteiger partial charge in [0.05, 0.1) is 6.61 Å². The lowest BCUT2D eigenvalue weighted by molar-refractivity contribution is -0.0171. The van der Waals surface area contributed by atoms with E-state index < -0.39 is 0 Å². The Hall–Kier alpha value is -1.86. The van der Waals surface area contributed by atoms with Crippen molar-refractivity contribution in [2.45, 2.75) is 18.8 Å². The highest BCUT2D eigenvalue weighted by molar-refractivity contribution is 7.98. The minimum atomic E-state index is -0.239. The van der Waals surface area contributed by atoms with Crippen LogP contribution in [0.2, 0.25) is 0 Å². The summed E-state index contributed by atoms with van der Waals surface area (Å²) < 4.78 is 24.3. The minimum Gasteiger partial charge on any atom is -0.467 e. The van der Waals surface area contributed by atoms with E-state index in [1.165, 1.54) is 6.07 Å². The van der Waals surface area contributed by atoms with Crippen molar-refractivity contribution >= 4 is 17.7 Å². The molecule has 0 saturated carbocycles. The van der Waals surface area contributed by atoms with Crippen LogP contribution in [0.15, 0.2) is 30.6 Å². The van der Waals surface area contributed by atoms with Gasteiger partial charge in [-0.3, -0.25) is 0 Å². The summed E-state index contributed by atoms with van der Waals surface area (Å²) in [6, 6.07) is 4.81. The first-order valence-corrected chi connectivity index (χ1v) is 8.59. The first-order valence-electron chi connectivity index (χ1n) is 7.43.